The van der Waals surface area contributed by atoms with Crippen LogP contribution < -0.4 is 5.32 Å². The van der Waals surface area contributed by atoms with E-state index in [1.807, 2.05) is 12.1 Å². The lowest BCUT2D eigenvalue weighted by atomic mass is 10.1. The summed E-state index contributed by atoms with van der Waals surface area (Å²) >= 11 is 0. The van der Waals surface area contributed by atoms with Crippen molar-refractivity contribution in [1.29, 1.82) is 5.26 Å². The Bertz CT molecular complexity index is 752. The number of hydrogen-bond acceptors (Lipinski definition) is 5. The van der Waals surface area contributed by atoms with Gasteiger partial charge in [0.05, 0.1) is 13.2 Å². The molecule has 1 N–H and O–H groups in total. The third-order valence-electron chi connectivity index (χ3n) is 4.28. The summed E-state index contributed by atoms with van der Waals surface area (Å²) in [6.45, 7) is 6.61. The zero-order valence-electron chi connectivity index (χ0n) is 14.3. The molecule has 0 spiro atoms. The molecule has 132 valence electrons. The number of carbonyl (C=O) groups excluding carboxylic acids is 1. The highest BCUT2D eigenvalue weighted by atomic mass is 16.5. The molecule has 7 nitrogen and oxygen atoms in total. The van der Waals surface area contributed by atoms with Crippen molar-refractivity contribution in [2.45, 2.75) is 13.3 Å². The predicted octanol–water partition coefficient (Wildman–Crippen LogP) is 1.70. The molecule has 1 saturated heterocycles. The van der Waals surface area contributed by atoms with Crippen LogP contribution in [0.3, 0.4) is 0 Å². The highest BCUT2D eigenvalue weighted by Crippen LogP contribution is 2.25. The summed E-state index contributed by atoms with van der Waals surface area (Å²) in [5.74, 6) is 0.563. The molecule has 0 bridgehead atoms. The zero-order valence-corrected chi connectivity index (χ0v) is 14.3. The van der Waals surface area contributed by atoms with Crippen molar-refractivity contribution in [1.82, 2.24) is 14.8 Å². The number of carbonyl (C=O) groups is 1. The summed E-state index contributed by atoms with van der Waals surface area (Å²) in [6, 6.07) is 5.77. The van der Waals surface area contributed by atoms with Crippen molar-refractivity contribution in [2.75, 3.05) is 39.4 Å². The largest absolute Gasteiger partial charge is 0.443 e. The topological polar surface area (TPSA) is 83.4 Å². The van der Waals surface area contributed by atoms with E-state index < -0.39 is 0 Å². The molecule has 7 heteroatoms. The predicted molar refractivity (Wildman–Crippen MR) is 91.7 cm³/mol. The number of amides is 1. The van der Waals surface area contributed by atoms with E-state index in [1.165, 1.54) is 0 Å². The number of aromatic nitrogens is 1. The van der Waals surface area contributed by atoms with E-state index >= 15 is 0 Å². The number of rotatable bonds is 6. The number of hydrogen-bond donors (Lipinski definition) is 1. The van der Waals surface area contributed by atoms with Crippen LogP contribution in [-0.2, 0) is 4.74 Å². The van der Waals surface area contributed by atoms with E-state index in [1.54, 1.807) is 23.9 Å². The second-order valence-electron chi connectivity index (χ2n) is 5.98. The second-order valence-corrected chi connectivity index (χ2v) is 5.98. The van der Waals surface area contributed by atoms with Crippen molar-refractivity contribution in [2.24, 2.45) is 0 Å². The number of ether oxygens (including phenoxy) is 1. The fourth-order valence-corrected chi connectivity index (χ4v) is 2.98. The number of nitrogens with zero attached hydrogens (tertiary/aromatic N) is 3. The van der Waals surface area contributed by atoms with Crippen molar-refractivity contribution in [3.05, 3.63) is 41.4 Å². The summed E-state index contributed by atoms with van der Waals surface area (Å²) in [5, 5.41) is 12.4. The van der Waals surface area contributed by atoms with E-state index in [0.717, 1.165) is 39.3 Å². The van der Waals surface area contributed by atoms with Gasteiger partial charge in [-0.3, -0.25) is 14.3 Å². The molecule has 3 rings (SSSR count). The minimum absolute atomic E-state index is 0.263. The number of nitrogens with one attached hydrogen (secondary N) is 1. The van der Waals surface area contributed by atoms with E-state index in [0.29, 0.717) is 23.8 Å². The molecular formula is C18H22N4O3. The Hall–Kier alpha value is -2.56. The summed E-state index contributed by atoms with van der Waals surface area (Å²) in [5.41, 5.74) is 0.581. The molecule has 2 aromatic heterocycles. The molecule has 0 radical (unpaired) electrons. The van der Waals surface area contributed by atoms with Crippen molar-refractivity contribution >= 4 is 5.91 Å². The number of furan rings is 1. The Morgan fingerprint density at radius 2 is 2.04 bits per heavy atom. The molecule has 0 aliphatic carbocycles. The maximum atomic E-state index is 12.5. The van der Waals surface area contributed by atoms with Crippen LogP contribution in [0.15, 0.2) is 28.9 Å². The fourth-order valence-electron chi connectivity index (χ4n) is 2.98. The standard InChI is InChI=1S/C18H22N4O3/c1-14-16(15(13-19)18(25-14)22-7-2-3-8-22)17(23)20-5-4-6-21-9-11-24-12-10-21/h2-3,7-8H,4-6,9-12H2,1H3,(H,20,23). The summed E-state index contributed by atoms with van der Waals surface area (Å²) < 4.78 is 12.7. The van der Waals surface area contributed by atoms with Gasteiger partial charge in [-0.15, -0.1) is 0 Å². The van der Waals surface area contributed by atoms with Crippen LogP contribution in [0.2, 0.25) is 0 Å². The number of aryl methyl sites for hydroxylation is 1. The summed E-state index contributed by atoms with van der Waals surface area (Å²) in [4.78, 5) is 14.8. The lowest BCUT2D eigenvalue weighted by Gasteiger charge is -2.26. The maximum Gasteiger partial charge on any atom is 0.256 e. The Morgan fingerprint density at radius 3 is 2.72 bits per heavy atom. The molecule has 0 atom stereocenters. The lowest BCUT2D eigenvalue weighted by Crippen LogP contribution is -2.38. The van der Waals surface area contributed by atoms with Gasteiger partial charge < -0.3 is 14.5 Å². The van der Waals surface area contributed by atoms with Gasteiger partial charge in [0.1, 0.15) is 23.0 Å². The lowest BCUT2D eigenvalue weighted by molar-refractivity contribution is 0.0374. The van der Waals surface area contributed by atoms with Crippen molar-refractivity contribution < 1.29 is 13.9 Å². The Labute approximate surface area is 146 Å². The molecule has 0 aromatic carbocycles. The van der Waals surface area contributed by atoms with Gasteiger partial charge >= 0.3 is 0 Å². The van der Waals surface area contributed by atoms with Gasteiger partial charge in [0, 0.05) is 32.0 Å². The molecule has 1 aliphatic rings. The fraction of sp³-hybridized carbons (Fsp3) is 0.444. The van der Waals surface area contributed by atoms with Crippen LogP contribution >= 0.6 is 0 Å². The van der Waals surface area contributed by atoms with Gasteiger partial charge in [-0.25, -0.2) is 0 Å². The van der Waals surface area contributed by atoms with E-state index in [4.69, 9.17) is 9.15 Å². The molecule has 0 saturated carbocycles. The minimum Gasteiger partial charge on any atom is -0.443 e. The third-order valence-corrected chi connectivity index (χ3v) is 4.28. The van der Waals surface area contributed by atoms with E-state index in [-0.39, 0.29) is 11.5 Å². The Kier molecular flexibility index (Phi) is 5.53. The maximum absolute atomic E-state index is 12.5. The molecule has 2 aromatic rings. The first-order chi connectivity index (χ1) is 12.2. The van der Waals surface area contributed by atoms with Gasteiger partial charge in [0.15, 0.2) is 0 Å². The molecule has 1 aliphatic heterocycles. The van der Waals surface area contributed by atoms with Crippen LogP contribution in [-0.4, -0.2) is 54.8 Å². The highest BCUT2D eigenvalue weighted by molar-refractivity contribution is 5.98. The van der Waals surface area contributed by atoms with Crippen LogP contribution in [0.5, 0.6) is 0 Å². The monoisotopic (exact) mass is 342 g/mol. The Balaban J connectivity index is 1.61. The highest BCUT2D eigenvalue weighted by Gasteiger charge is 2.24. The van der Waals surface area contributed by atoms with Crippen molar-refractivity contribution in [3.63, 3.8) is 0 Å². The van der Waals surface area contributed by atoms with Gasteiger partial charge in [0.25, 0.3) is 5.91 Å². The molecule has 25 heavy (non-hydrogen) atoms. The minimum atomic E-state index is -0.266. The van der Waals surface area contributed by atoms with Crippen LogP contribution in [0.4, 0.5) is 0 Å². The molecule has 3 heterocycles. The molecular weight excluding hydrogens is 320 g/mol. The zero-order chi connectivity index (χ0) is 17.6. The first kappa shape index (κ1) is 17.3. The van der Waals surface area contributed by atoms with Gasteiger partial charge in [-0.1, -0.05) is 0 Å². The number of nitriles is 1. The third kappa shape index (κ3) is 3.92. The van der Waals surface area contributed by atoms with Crippen LogP contribution in [0.1, 0.15) is 28.1 Å². The molecule has 0 unspecified atom stereocenters. The first-order valence-electron chi connectivity index (χ1n) is 8.46. The SMILES string of the molecule is Cc1oc(-n2cccc2)c(C#N)c1C(=O)NCCCN1CCOCC1. The van der Waals surface area contributed by atoms with Crippen LogP contribution in [0.25, 0.3) is 5.88 Å². The average Bonchev–Trinajstić information content (AvgIpc) is 3.26. The summed E-state index contributed by atoms with van der Waals surface area (Å²) in [7, 11) is 0. The van der Waals surface area contributed by atoms with Crippen molar-refractivity contribution in [3.8, 4) is 12.0 Å². The first-order valence-corrected chi connectivity index (χ1v) is 8.46. The normalized spacial score (nSPS) is 15.0. The van der Waals surface area contributed by atoms with Gasteiger partial charge in [-0.05, 0) is 32.0 Å². The van der Waals surface area contributed by atoms with Gasteiger partial charge in [0.2, 0.25) is 5.88 Å². The summed E-state index contributed by atoms with van der Waals surface area (Å²) in [6.07, 6.45) is 4.42. The Morgan fingerprint density at radius 1 is 1.32 bits per heavy atom. The smallest absolute Gasteiger partial charge is 0.256 e. The average molecular weight is 342 g/mol. The second kappa shape index (κ2) is 8.01. The number of morpholine rings is 1. The quantitative estimate of drug-likeness (QED) is 0.808. The molecule has 1 fully saturated rings. The van der Waals surface area contributed by atoms with E-state index in [2.05, 4.69) is 16.3 Å². The van der Waals surface area contributed by atoms with Gasteiger partial charge in [-0.2, -0.15) is 5.26 Å². The molecule has 1 amide bonds. The van der Waals surface area contributed by atoms with E-state index in [9.17, 15) is 10.1 Å². The van der Waals surface area contributed by atoms with Crippen LogP contribution in [0, 0.1) is 18.3 Å².